The van der Waals surface area contributed by atoms with Gasteiger partial charge in [0.25, 0.3) is 0 Å². The largest absolute Gasteiger partial charge is 0.284 e. The Balaban J connectivity index is 2.96. The normalized spacial score (nSPS) is 11.7. The molecule has 1 aromatic rings. The van der Waals surface area contributed by atoms with Gasteiger partial charge >= 0.3 is 0 Å². The van der Waals surface area contributed by atoms with Crippen molar-refractivity contribution in [1.29, 1.82) is 0 Å². The van der Waals surface area contributed by atoms with Gasteiger partial charge in [0, 0.05) is 0 Å². The van der Waals surface area contributed by atoms with Gasteiger partial charge in [-0.25, -0.2) is 8.42 Å². The van der Waals surface area contributed by atoms with Gasteiger partial charge in [-0.15, -0.1) is 0 Å². The predicted molar refractivity (Wildman–Crippen MR) is 63.2 cm³/mol. The molecule has 0 aliphatic heterocycles. The van der Waals surface area contributed by atoms with Crippen LogP contribution in [-0.4, -0.2) is 14.7 Å². The SMILES string of the molecule is C[C](C)Cc1ccccc1NS(C)(=O)=O. The second-order valence-corrected chi connectivity index (χ2v) is 5.66. The van der Waals surface area contributed by atoms with Crippen molar-refractivity contribution >= 4 is 15.7 Å². The molecule has 1 N–H and O–H groups in total. The van der Waals surface area contributed by atoms with E-state index in [2.05, 4.69) is 4.72 Å². The molecule has 0 aliphatic carbocycles. The molecule has 0 amide bonds. The summed E-state index contributed by atoms with van der Waals surface area (Å²) in [7, 11) is -3.19. The minimum atomic E-state index is -3.19. The van der Waals surface area contributed by atoms with Crippen molar-refractivity contribution in [3.63, 3.8) is 0 Å². The van der Waals surface area contributed by atoms with Crippen molar-refractivity contribution in [3.8, 4) is 0 Å². The van der Waals surface area contributed by atoms with Crippen LogP contribution in [0.15, 0.2) is 24.3 Å². The first-order valence-corrected chi connectivity index (χ1v) is 6.62. The van der Waals surface area contributed by atoms with Gasteiger partial charge in [-0.1, -0.05) is 32.0 Å². The molecule has 0 bridgehead atoms. The van der Waals surface area contributed by atoms with Crippen molar-refractivity contribution in [3.05, 3.63) is 35.7 Å². The smallest absolute Gasteiger partial charge is 0.229 e. The third-order valence-electron chi connectivity index (χ3n) is 1.86. The molecule has 0 aromatic heterocycles. The summed E-state index contributed by atoms with van der Waals surface area (Å²) in [6, 6.07) is 7.44. The van der Waals surface area contributed by atoms with Crippen molar-refractivity contribution in [2.45, 2.75) is 20.3 Å². The maximum atomic E-state index is 11.1. The molecular formula is C11H16NO2S. The van der Waals surface area contributed by atoms with E-state index >= 15 is 0 Å². The zero-order chi connectivity index (χ0) is 11.5. The molecule has 0 saturated carbocycles. The molecule has 1 aromatic carbocycles. The third-order valence-corrected chi connectivity index (χ3v) is 2.45. The van der Waals surface area contributed by atoms with Crippen LogP contribution in [-0.2, 0) is 16.4 Å². The lowest BCUT2D eigenvalue weighted by Crippen LogP contribution is -2.11. The van der Waals surface area contributed by atoms with Gasteiger partial charge in [0.15, 0.2) is 0 Å². The van der Waals surface area contributed by atoms with Gasteiger partial charge in [0.05, 0.1) is 11.9 Å². The highest BCUT2D eigenvalue weighted by atomic mass is 32.2. The summed E-state index contributed by atoms with van der Waals surface area (Å²) in [4.78, 5) is 0. The van der Waals surface area contributed by atoms with Crippen LogP contribution in [0.25, 0.3) is 0 Å². The highest BCUT2D eigenvalue weighted by molar-refractivity contribution is 7.92. The standard InChI is InChI=1S/C11H16NO2S/c1-9(2)8-10-6-4-5-7-11(10)12-15(3,13)14/h4-7,12H,8H2,1-3H3. The summed E-state index contributed by atoms with van der Waals surface area (Å²) in [5.41, 5.74) is 1.67. The van der Waals surface area contributed by atoms with E-state index in [1.807, 2.05) is 32.0 Å². The Morgan fingerprint density at radius 1 is 1.27 bits per heavy atom. The van der Waals surface area contributed by atoms with E-state index in [-0.39, 0.29) is 0 Å². The minimum absolute atomic E-state index is 0.668. The number of sulfonamides is 1. The average Bonchev–Trinajstić information content (AvgIpc) is 2.05. The van der Waals surface area contributed by atoms with E-state index in [4.69, 9.17) is 0 Å². The van der Waals surface area contributed by atoms with E-state index in [1.165, 1.54) is 5.92 Å². The van der Waals surface area contributed by atoms with Gasteiger partial charge < -0.3 is 0 Å². The van der Waals surface area contributed by atoms with E-state index in [9.17, 15) is 8.42 Å². The number of hydrogen-bond donors (Lipinski definition) is 1. The van der Waals surface area contributed by atoms with Crippen LogP contribution >= 0.6 is 0 Å². The van der Waals surface area contributed by atoms with E-state index in [0.717, 1.165) is 18.2 Å². The predicted octanol–water partition coefficient (Wildman–Crippen LogP) is 2.21. The molecule has 0 aliphatic rings. The van der Waals surface area contributed by atoms with Gasteiger partial charge in [-0.2, -0.15) is 0 Å². The summed E-state index contributed by atoms with van der Waals surface area (Å²) >= 11 is 0. The second kappa shape index (κ2) is 4.66. The first-order valence-electron chi connectivity index (χ1n) is 4.73. The van der Waals surface area contributed by atoms with Crippen LogP contribution in [0.3, 0.4) is 0 Å². The van der Waals surface area contributed by atoms with Crippen LogP contribution in [0.1, 0.15) is 19.4 Å². The Labute approximate surface area is 91.6 Å². The van der Waals surface area contributed by atoms with Crippen LogP contribution in [0.5, 0.6) is 0 Å². The van der Waals surface area contributed by atoms with Crippen LogP contribution < -0.4 is 4.72 Å². The van der Waals surface area contributed by atoms with Crippen molar-refractivity contribution in [1.82, 2.24) is 0 Å². The Bertz CT molecular complexity index is 424. The zero-order valence-electron chi connectivity index (χ0n) is 9.24. The third kappa shape index (κ3) is 4.34. The molecule has 15 heavy (non-hydrogen) atoms. The average molecular weight is 226 g/mol. The van der Waals surface area contributed by atoms with E-state index in [1.54, 1.807) is 6.07 Å². The molecule has 0 atom stereocenters. The Morgan fingerprint density at radius 3 is 2.40 bits per heavy atom. The molecule has 0 fully saturated rings. The number of para-hydroxylation sites is 1. The summed E-state index contributed by atoms with van der Waals surface area (Å²) in [5, 5.41) is 0. The molecule has 0 unspecified atom stereocenters. The molecule has 4 heteroatoms. The monoisotopic (exact) mass is 226 g/mol. The molecule has 3 nitrogen and oxygen atoms in total. The highest BCUT2D eigenvalue weighted by Gasteiger charge is 2.07. The van der Waals surface area contributed by atoms with Gasteiger partial charge in [0.1, 0.15) is 0 Å². The van der Waals surface area contributed by atoms with E-state index in [0.29, 0.717) is 5.69 Å². The Hall–Kier alpha value is -1.03. The fourth-order valence-electron chi connectivity index (χ4n) is 1.35. The number of benzene rings is 1. The lowest BCUT2D eigenvalue weighted by molar-refractivity contribution is 0.606. The second-order valence-electron chi connectivity index (χ2n) is 3.92. The van der Waals surface area contributed by atoms with Crippen molar-refractivity contribution in [2.24, 2.45) is 0 Å². The Morgan fingerprint density at radius 2 is 1.87 bits per heavy atom. The number of nitrogens with one attached hydrogen (secondary N) is 1. The van der Waals surface area contributed by atoms with Crippen molar-refractivity contribution in [2.75, 3.05) is 11.0 Å². The number of hydrogen-bond acceptors (Lipinski definition) is 2. The van der Waals surface area contributed by atoms with Crippen LogP contribution in [0.2, 0.25) is 0 Å². The first kappa shape index (κ1) is 12.0. The Kier molecular flexibility index (Phi) is 3.74. The summed E-state index contributed by atoms with van der Waals surface area (Å²) in [6.07, 6.45) is 1.95. The topological polar surface area (TPSA) is 46.2 Å². The molecule has 0 saturated heterocycles. The number of anilines is 1. The van der Waals surface area contributed by atoms with Gasteiger partial charge in [0.2, 0.25) is 10.0 Å². The van der Waals surface area contributed by atoms with Gasteiger partial charge in [-0.3, -0.25) is 4.72 Å². The number of rotatable bonds is 4. The maximum absolute atomic E-state index is 11.1. The lowest BCUT2D eigenvalue weighted by Gasteiger charge is -2.11. The molecule has 1 rings (SSSR count). The first-order chi connectivity index (χ1) is 6.88. The van der Waals surface area contributed by atoms with Crippen molar-refractivity contribution < 1.29 is 8.42 Å². The van der Waals surface area contributed by atoms with Gasteiger partial charge in [-0.05, 0) is 24.0 Å². The summed E-state index contributed by atoms with van der Waals surface area (Å²) in [6.45, 7) is 4.05. The maximum Gasteiger partial charge on any atom is 0.229 e. The fourth-order valence-corrected chi connectivity index (χ4v) is 1.95. The minimum Gasteiger partial charge on any atom is -0.284 e. The molecule has 0 spiro atoms. The molecule has 83 valence electrons. The van der Waals surface area contributed by atoms with Crippen LogP contribution in [0, 0.1) is 5.92 Å². The van der Waals surface area contributed by atoms with E-state index < -0.39 is 10.0 Å². The fraction of sp³-hybridized carbons (Fsp3) is 0.364. The molecular weight excluding hydrogens is 210 g/mol. The lowest BCUT2D eigenvalue weighted by atomic mass is 10.0. The highest BCUT2D eigenvalue weighted by Crippen LogP contribution is 2.20. The summed E-state index contributed by atoms with van der Waals surface area (Å²) < 4.78 is 24.8. The molecule has 1 radical (unpaired) electrons. The quantitative estimate of drug-likeness (QED) is 0.855. The zero-order valence-corrected chi connectivity index (χ0v) is 10.1. The van der Waals surface area contributed by atoms with Crippen LogP contribution in [0.4, 0.5) is 5.69 Å². The summed E-state index contributed by atoms with van der Waals surface area (Å²) in [5.74, 6) is 1.25. The molecule has 0 heterocycles.